The minimum atomic E-state index is -0.647. The van der Waals surface area contributed by atoms with E-state index in [2.05, 4.69) is 9.72 Å². The molecule has 0 aliphatic heterocycles. The van der Waals surface area contributed by atoms with Gasteiger partial charge in [0.15, 0.2) is 0 Å². The van der Waals surface area contributed by atoms with Crippen LogP contribution in [0, 0.1) is 0 Å². The van der Waals surface area contributed by atoms with Crippen LogP contribution in [0.1, 0.15) is 36.8 Å². The van der Waals surface area contributed by atoms with E-state index in [9.17, 15) is 14.4 Å². The number of benzene rings is 1. The van der Waals surface area contributed by atoms with Crippen molar-refractivity contribution >= 4 is 17.8 Å². The minimum Gasteiger partial charge on any atom is -0.465 e. The molecule has 1 aromatic carbocycles. The van der Waals surface area contributed by atoms with Crippen molar-refractivity contribution in [3.05, 3.63) is 65.0 Å². The molecular formula is C16H14N2O5. The van der Waals surface area contributed by atoms with Crippen molar-refractivity contribution in [2.75, 3.05) is 7.11 Å². The number of nitrogens with zero attached hydrogens (tertiary/aromatic N) is 1. The van der Waals surface area contributed by atoms with Crippen molar-refractivity contribution in [3.63, 3.8) is 0 Å². The number of esters is 2. The van der Waals surface area contributed by atoms with Crippen molar-refractivity contribution in [2.24, 2.45) is 5.73 Å². The Kier molecular flexibility index (Phi) is 5.03. The van der Waals surface area contributed by atoms with Gasteiger partial charge in [0.1, 0.15) is 6.61 Å². The average Bonchev–Trinajstić information content (AvgIpc) is 2.59. The van der Waals surface area contributed by atoms with Crippen LogP contribution in [0.2, 0.25) is 0 Å². The van der Waals surface area contributed by atoms with Crippen LogP contribution in [0.5, 0.6) is 0 Å². The van der Waals surface area contributed by atoms with Crippen molar-refractivity contribution < 1.29 is 23.9 Å². The first-order valence-corrected chi connectivity index (χ1v) is 6.62. The number of carbonyl (C=O) groups is 3. The number of pyridine rings is 1. The minimum absolute atomic E-state index is 0.184. The molecule has 2 N–H and O–H groups in total. The van der Waals surface area contributed by atoms with Gasteiger partial charge in [0, 0.05) is 6.20 Å². The maximum Gasteiger partial charge on any atom is 0.338 e. The van der Waals surface area contributed by atoms with Crippen molar-refractivity contribution in [3.8, 4) is 0 Å². The predicted molar refractivity (Wildman–Crippen MR) is 79.7 cm³/mol. The van der Waals surface area contributed by atoms with E-state index in [1.807, 2.05) is 0 Å². The number of aromatic nitrogens is 1. The molecule has 0 radical (unpaired) electrons. The summed E-state index contributed by atoms with van der Waals surface area (Å²) in [5, 5.41) is 0. The zero-order valence-corrected chi connectivity index (χ0v) is 12.3. The molecule has 0 saturated carbocycles. The molecule has 0 unspecified atom stereocenters. The molecule has 0 spiro atoms. The number of amides is 1. The molecule has 0 aliphatic rings. The van der Waals surface area contributed by atoms with Crippen LogP contribution in [0.25, 0.3) is 0 Å². The number of hydrogen-bond donors (Lipinski definition) is 1. The molecule has 23 heavy (non-hydrogen) atoms. The Morgan fingerprint density at radius 3 is 2.22 bits per heavy atom. The van der Waals surface area contributed by atoms with Crippen molar-refractivity contribution in [1.82, 2.24) is 4.98 Å². The topological polar surface area (TPSA) is 109 Å². The van der Waals surface area contributed by atoms with Crippen LogP contribution in [-0.4, -0.2) is 29.9 Å². The average molecular weight is 314 g/mol. The first-order valence-electron chi connectivity index (χ1n) is 6.62. The first kappa shape index (κ1) is 16.2. The number of nitrogens with two attached hydrogens (primary N) is 1. The monoisotopic (exact) mass is 314 g/mol. The molecule has 0 bridgehead atoms. The van der Waals surface area contributed by atoms with Gasteiger partial charge in [-0.25, -0.2) is 9.59 Å². The number of methoxy groups -OCH3 is 1. The maximum atomic E-state index is 12.0. The fraction of sp³-hybridized carbons (Fsp3) is 0.125. The second-order valence-corrected chi connectivity index (χ2v) is 4.51. The fourth-order valence-corrected chi connectivity index (χ4v) is 1.85. The standard InChI is InChI=1S/C16H14N2O5/c1-22-15(20)10-4-6-11(7-5-10)16(21)23-9-13-12(14(17)19)3-2-8-18-13/h2-8H,9H2,1H3,(H2,17,19). The van der Waals surface area contributed by atoms with Gasteiger partial charge in [0.05, 0.1) is 29.5 Å². The normalized spacial score (nSPS) is 9.96. The Bertz CT molecular complexity index is 740. The second kappa shape index (κ2) is 7.17. The second-order valence-electron chi connectivity index (χ2n) is 4.51. The lowest BCUT2D eigenvalue weighted by atomic mass is 10.1. The van der Waals surface area contributed by atoms with Gasteiger partial charge in [-0.05, 0) is 36.4 Å². The van der Waals surface area contributed by atoms with E-state index in [1.54, 1.807) is 6.07 Å². The molecule has 2 aromatic rings. The molecule has 1 amide bonds. The van der Waals surface area contributed by atoms with E-state index in [-0.39, 0.29) is 23.4 Å². The maximum absolute atomic E-state index is 12.0. The van der Waals surface area contributed by atoms with Gasteiger partial charge in [-0.3, -0.25) is 9.78 Å². The zero-order valence-electron chi connectivity index (χ0n) is 12.3. The summed E-state index contributed by atoms with van der Waals surface area (Å²) in [6, 6.07) is 8.88. The highest BCUT2D eigenvalue weighted by Gasteiger charge is 2.13. The third-order valence-electron chi connectivity index (χ3n) is 3.04. The largest absolute Gasteiger partial charge is 0.465 e. The zero-order chi connectivity index (χ0) is 16.8. The van der Waals surface area contributed by atoms with Crippen LogP contribution >= 0.6 is 0 Å². The Morgan fingerprint density at radius 1 is 1.04 bits per heavy atom. The van der Waals surface area contributed by atoms with E-state index in [0.29, 0.717) is 5.56 Å². The van der Waals surface area contributed by atoms with Gasteiger partial charge >= 0.3 is 11.9 Å². The molecular weight excluding hydrogens is 300 g/mol. The Labute approximate surface area is 132 Å². The highest BCUT2D eigenvalue weighted by molar-refractivity contribution is 5.94. The van der Waals surface area contributed by atoms with Crippen LogP contribution in [0.4, 0.5) is 0 Å². The molecule has 7 heteroatoms. The van der Waals surface area contributed by atoms with Gasteiger partial charge in [0.25, 0.3) is 5.91 Å². The van der Waals surface area contributed by atoms with Gasteiger partial charge in [-0.2, -0.15) is 0 Å². The SMILES string of the molecule is COC(=O)c1ccc(C(=O)OCc2ncccc2C(N)=O)cc1. The predicted octanol–water partition coefficient (Wildman–Crippen LogP) is 1.32. The molecule has 0 aliphatic carbocycles. The van der Waals surface area contributed by atoms with Crippen molar-refractivity contribution in [1.29, 1.82) is 0 Å². The lowest BCUT2D eigenvalue weighted by Crippen LogP contribution is -2.16. The van der Waals surface area contributed by atoms with Crippen molar-refractivity contribution in [2.45, 2.75) is 6.61 Å². The molecule has 1 aromatic heterocycles. The van der Waals surface area contributed by atoms with Gasteiger partial charge < -0.3 is 15.2 Å². The van der Waals surface area contributed by atoms with Gasteiger partial charge in [0.2, 0.25) is 0 Å². The molecule has 1 heterocycles. The van der Waals surface area contributed by atoms with E-state index in [0.717, 1.165) is 0 Å². The van der Waals surface area contributed by atoms with E-state index < -0.39 is 17.8 Å². The van der Waals surface area contributed by atoms with E-state index in [4.69, 9.17) is 10.5 Å². The molecule has 2 rings (SSSR count). The summed E-state index contributed by atoms with van der Waals surface area (Å²) < 4.78 is 9.68. The number of ether oxygens (including phenoxy) is 2. The van der Waals surface area contributed by atoms with Gasteiger partial charge in [-0.15, -0.1) is 0 Å². The Balaban J connectivity index is 2.05. The summed E-state index contributed by atoms with van der Waals surface area (Å²) in [5.74, 6) is -1.75. The third-order valence-corrected chi connectivity index (χ3v) is 3.04. The number of carbonyl (C=O) groups excluding carboxylic acids is 3. The summed E-state index contributed by atoms with van der Waals surface area (Å²) in [6.07, 6.45) is 1.47. The lowest BCUT2D eigenvalue weighted by Gasteiger charge is -2.07. The van der Waals surface area contributed by atoms with E-state index >= 15 is 0 Å². The Morgan fingerprint density at radius 2 is 1.65 bits per heavy atom. The molecule has 118 valence electrons. The van der Waals surface area contributed by atoms with Crippen LogP contribution in [-0.2, 0) is 16.1 Å². The third kappa shape index (κ3) is 3.91. The van der Waals surface area contributed by atoms with Crippen LogP contribution in [0.15, 0.2) is 42.6 Å². The van der Waals surface area contributed by atoms with Gasteiger partial charge in [-0.1, -0.05) is 0 Å². The lowest BCUT2D eigenvalue weighted by molar-refractivity contribution is 0.0464. The summed E-state index contributed by atoms with van der Waals surface area (Å²) in [5.41, 5.74) is 6.28. The first-order chi connectivity index (χ1) is 11.0. The molecule has 7 nitrogen and oxygen atoms in total. The summed E-state index contributed by atoms with van der Waals surface area (Å²) in [6.45, 7) is -0.184. The molecule has 0 saturated heterocycles. The smallest absolute Gasteiger partial charge is 0.338 e. The van der Waals surface area contributed by atoms with Crippen LogP contribution in [0.3, 0.4) is 0 Å². The number of primary amides is 1. The van der Waals surface area contributed by atoms with E-state index in [1.165, 1.54) is 43.6 Å². The van der Waals surface area contributed by atoms with Crippen LogP contribution < -0.4 is 5.73 Å². The molecule has 0 atom stereocenters. The number of hydrogen-bond acceptors (Lipinski definition) is 6. The Hall–Kier alpha value is -3.22. The molecule has 0 fully saturated rings. The highest BCUT2D eigenvalue weighted by Crippen LogP contribution is 2.10. The highest BCUT2D eigenvalue weighted by atomic mass is 16.5. The fourth-order valence-electron chi connectivity index (χ4n) is 1.85. The summed E-state index contributed by atoms with van der Waals surface area (Å²) in [7, 11) is 1.27. The quantitative estimate of drug-likeness (QED) is 0.834. The summed E-state index contributed by atoms with van der Waals surface area (Å²) >= 11 is 0. The summed E-state index contributed by atoms with van der Waals surface area (Å²) in [4.78, 5) is 38.5. The number of rotatable bonds is 5.